The molecular formula is C49H29F3. The van der Waals surface area contributed by atoms with E-state index in [1.807, 2.05) is 30.3 Å². The van der Waals surface area contributed by atoms with Gasteiger partial charge in [0.15, 0.2) is 0 Å². The second-order valence-corrected chi connectivity index (χ2v) is 13.7. The Morgan fingerprint density at radius 2 is 0.865 bits per heavy atom. The van der Waals surface area contributed by atoms with E-state index in [2.05, 4.69) is 110 Å². The number of hydrogen-bond donors (Lipinski definition) is 0. The zero-order valence-corrected chi connectivity index (χ0v) is 28.0. The molecule has 0 saturated heterocycles. The summed E-state index contributed by atoms with van der Waals surface area (Å²) < 4.78 is 41.7. The largest absolute Gasteiger partial charge is 0.416 e. The van der Waals surface area contributed by atoms with Crippen LogP contribution in [0.2, 0.25) is 0 Å². The fourth-order valence-electron chi connectivity index (χ4n) is 8.51. The minimum Gasteiger partial charge on any atom is -0.166 e. The molecule has 0 fully saturated rings. The van der Waals surface area contributed by atoms with Gasteiger partial charge in [-0.15, -0.1) is 0 Å². The Morgan fingerprint density at radius 1 is 0.404 bits per heavy atom. The highest BCUT2D eigenvalue weighted by Crippen LogP contribution is 2.44. The summed E-state index contributed by atoms with van der Waals surface area (Å²) in [6.45, 7) is 9.27. The normalized spacial score (nSPS) is 12.6. The molecule has 3 heteroatoms. The van der Waals surface area contributed by atoms with E-state index in [4.69, 9.17) is 0 Å². The molecule has 0 aliphatic heterocycles. The van der Waals surface area contributed by atoms with Crippen molar-refractivity contribution in [1.82, 2.24) is 0 Å². The number of halogens is 3. The SMILES string of the molecule is C=c1c(-c2ccc3c(c2=C)=Cc2cc4ccccc4c(-c4cccc(C(F)(F)F)c4)c2-3)ccc2c1=Cc1cc3ccccc3c(-c3ccccc3)c1-2. The van der Waals surface area contributed by atoms with E-state index < -0.39 is 11.7 Å². The van der Waals surface area contributed by atoms with Crippen LogP contribution in [0.1, 0.15) is 16.7 Å². The standard InChI is InChI=1S/C49H29F3/c1-28-37(19-21-41-43(28)26-34-23-31-13-6-8-17-39(31)45(47(34)41)30-11-4-3-5-12-30)38-20-22-42-44(29(38)2)27-35-24-32-14-7-9-18-40(32)46(48(35)42)33-15-10-16-36(25-33)49(50,51)52/h3-27H,1-2H2. The number of rotatable bonds is 3. The third-order valence-corrected chi connectivity index (χ3v) is 10.8. The van der Waals surface area contributed by atoms with Gasteiger partial charge in [-0.1, -0.05) is 128 Å². The Balaban J connectivity index is 1.16. The van der Waals surface area contributed by atoms with Crippen LogP contribution in [0.25, 0.3) is 102 Å². The molecule has 8 aromatic carbocycles. The Bertz CT molecular complexity index is 3080. The Morgan fingerprint density at radius 3 is 1.40 bits per heavy atom. The van der Waals surface area contributed by atoms with Crippen molar-refractivity contribution in [2.24, 2.45) is 0 Å². The van der Waals surface area contributed by atoms with Crippen LogP contribution in [0.4, 0.5) is 13.2 Å². The van der Waals surface area contributed by atoms with E-state index >= 15 is 0 Å². The predicted molar refractivity (Wildman–Crippen MR) is 210 cm³/mol. The highest BCUT2D eigenvalue weighted by Gasteiger charge is 2.31. The summed E-state index contributed by atoms with van der Waals surface area (Å²) in [5, 5.41) is 8.17. The van der Waals surface area contributed by atoms with Crippen LogP contribution in [0.15, 0.2) is 140 Å². The van der Waals surface area contributed by atoms with E-state index in [-0.39, 0.29) is 0 Å². The molecule has 0 heterocycles. The highest BCUT2D eigenvalue weighted by atomic mass is 19.4. The molecular weight excluding hydrogens is 646 g/mol. The first-order valence-electron chi connectivity index (χ1n) is 17.3. The minimum atomic E-state index is -4.44. The molecule has 0 aromatic heterocycles. The monoisotopic (exact) mass is 674 g/mol. The van der Waals surface area contributed by atoms with Crippen LogP contribution in [0.3, 0.4) is 0 Å². The summed E-state index contributed by atoms with van der Waals surface area (Å²) in [5.74, 6) is 0. The van der Waals surface area contributed by atoms with Crippen LogP contribution in [-0.4, -0.2) is 0 Å². The molecule has 10 rings (SSSR count). The van der Waals surface area contributed by atoms with Gasteiger partial charge in [0, 0.05) is 0 Å². The van der Waals surface area contributed by atoms with Crippen LogP contribution in [-0.2, 0) is 6.18 Å². The van der Waals surface area contributed by atoms with E-state index in [0.29, 0.717) is 5.56 Å². The smallest absolute Gasteiger partial charge is 0.166 e. The summed E-state index contributed by atoms with van der Waals surface area (Å²) in [4.78, 5) is 0. The van der Waals surface area contributed by atoms with Gasteiger partial charge >= 0.3 is 6.18 Å². The Labute approximate surface area is 298 Å². The summed E-state index contributed by atoms with van der Waals surface area (Å²) >= 11 is 0. The molecule has 8 aromatic rings. The van der Waals surface area contributed by atoms with Crippen LogP contribution in [0, 0.1) is 0 Å². The second-order valence-electron chi connectivity index (χ2n) is 13.7. The van der Waals surface area contributed by atoms with Crippen LogP contribution >= 0.6 is 0 Å². The van der Waals surface area contributed by atoms with Gasteiger partial charge in [-0.25, -0.2) is 0 Å². The van der Waals surface area contributed by atoms with Crippen molar-refractivity contribution in [1.29, 1.82) is 0 Å². The van der Waals surface area contributed by atoms with Crippen molar-refractivity contribution in [2.45, 2.75) is 6.18 Å². The molecule has 0 amide bonds. The maximum Gasteiger partial charge on any atom is 0.416 e. The van der Waals surface area contributed by atoms with Crippen molar-refractivity contribution < 1.29 is 13.2 Å². The van der Waals surface area contributed by atoms with Gasteiger partial charge in [-0.3, -0.25) is 0 Å². The molecule has 0 atom stereocenters. The first-order valence-corrected chi connectivity index (χ1v) is 17.3. The Kier molecular flexibility index (Phi) is 6.44. The molecule has 246 valence electrons. The summed E-state index contributed by atoms with van der Waals surface area (Å²) in [6, 6.07) is 45.7. The van der Waals surface area contributed by atoms with Gasteiger partial charge in [-0.2, -0.15) is 13.2 Å². The molecule has 0 spiro atoms. The lowest BCUT2D eigenvalue weighted by Gasteiger charge is -2.17. The molecule has 0 saturated carbocycles. The van der Waals surface area contributed by atoms with Crippen LogP contribution in [0.5, 0.6) is 0 Å². The Hall–Kier alpha value is -6.45. The van der Waals surface area contributed by atoms with E-state index in [1.165, 1.54) is 45.2 Å². The lowest BCUT2D eigenvalue weighted by molar-refractivity contribution is -0.137. The summed E-state index contributed by atoms with van der Waals surface area (Å²) in [5.41, 5.74) is 11.5. The van der Waals surface area contributed by atoms with Gasteiger partial charge < -0.3 is 0 Å². The maximum atomic E-state index is 13.9. The van der Waals surface area contributed by atoms with E-state index in [0.717, 1.165) is 76.7 Å². The van der Waals surface area contributed by atoms with Gasteiger partial charge in [0.1, 0.15) is 0 Å². The molecule has 52 heavy (non-hydrogen) atoms. The van der Waals surface area contributed by atoms with Gasteiger partial charge in [-0.05, 0) is 146 Å². The average Bonchev–Trinajstić information content (AvgIpc) is 3.72. The minimum absolute atomic E-state index is 0.537. The van der Waals surface area contributed by atoms with Crippen LogP contribution < -0.4 is 20.9 Å². The zero-order chi connectivity index (χ0) is 35.3. The molecule has 0 radical (unpaired) electrons. The molecule has 2 aliphatic carbocycles. The van der Waals surface area contributed by atoms with Gasteiger partial charge in [0.25, 0.3) is 0 Å². The predicted octanol–water partition coefficient (Wildman–Crippen LogP) is 10.5. The highest BCUT2D eigenvalue weighted by molar-refractivity contribution is 6.10. The first kappa shape index (κ1) is 30.4. The third-order valence-electron chi connectivity index (χ3n) is 10.8. The quantitative estimate of drug-likeness (QED) is 0.175. The third kappa shape index (κ3) is 4.42. The number of hydrogen-bond acceptors (Lipinski definition) is 0. The van der Waals surface area contributed by atoms with Gasteiger partial charge in [0.2, 0.25) is 0 Å². The van der Waals surface area contributed by atoms with Crippen molar-refractivity contribution in [2.75, 3.05) is 0 Å². The molecule has 0 bridgehead atoms. The molecule has 2 aliphatic rings. The van der Waals surface area contributed by atoms with Gasteiger partial charge in [0.05, 0.1) is 5.56 Å². The number of fused-ring (bicyclic) bond motifs is 8. The molecule has 0 nitrogen and oxygen atoms in total. The first-order chi connectivity index (χ1) is 25.3. The fraction of sp³-hybridized carbons (Fsp3) is 0.0204. The number of alkyl halides is 3. The molecule has 0 N–H and O–H groups in total. The molecule has 0 unspecified atom stereocenters. The van der Waals surface area contributed by atoms with Crippen molar-refractivity contribution in [3.63, 3.8) is 0 Å². The zero-order valence-electron chi connectivity index (χ0n) is 28.0. The van der Waals surface area contributed by atoms with Crippen molar-refractivity contribution in [3.8, 4) is 55.6 Å². The number of benzene rings is 8. The second kappa shape index (κ2) is 11.0. The summed E-state index contributed by atoms with van der Waals surface area (Å²) in [6.07, 6.45) is -0.0451. The average molecular weight is 675 g/mol. The fourth-order valence-corrected chi connectivity index (χ4v) is 8.51. The lowest BCUT2D eigenvalue weighted by atomic mass is 9.87. The lowest BCUT2D eigenvalue weighted by Crippen LogP contribution is -2.31. The van der Waals surface area contributed by atoms with Crippen molar-refractivity contribution >= 4 is 46.9 Å². The maximum absolute atomic E-state index is 13.9. The topological polar surface area (TPSA) is 0 Å². The van der Waals surface area contributed by atoms with E-state index in [1.54, 1.807) is 6.07 Å². The van der Waals surface area contributed by atoms with Crippen molar-refractivity contribution in [3.05, 3.63) is 177 Å². The summed E-state index contributed by atoms with van der Waals surface area (Å²) in [7, 11) is 0. The van der Waals surface area contributed by atoms with E-state index in [9.17, 15) is 13.2 Å².